The molecule has 0 atom stereocenters. The maximum absolute atomic E-state index is 6.40. The molecule has 0 aliphatic heterocycles. The van der Waals surface area contributed by atoms with Crippen LogP contribution in [0, 0.1) is 0 Å². The standard InChI is InChI=1S/C11H25NO2Si3/c1-15(2,3)13-17(6,7)14-16(4,5)11-9-8-10-12-11/h8-10,12H,1-7H3. The summed E-state index contributed by atoms with van der Waals surface area (Å²) in [6, 6.07) is 4.15. The topological polar surface area (TPSA) is 34.2 Å². The number of nitrogens with one attached hydrogen (secondary N) is 1. The van der Waals surface area contributed by atoms with E-state index in [4.69, 9.17) is 8.23 Å². The van der Waals surface area contributed by atoms with Gasteiger partial charge in [-0.05, 0) is 58.0 Å². The second-order valence-corrected chi connectivity index (χ2v) is 18.5. The van der Waals surface area contributed by atoms with Gasteiger partial charge in [-0.1, -0.05) is 0 Å². The fraction of sp³-hybridized carbons (Fsp3) is 0.636. The van der Waals surface area contributed by atoms with E-state index in [0.717, 1.165) is 0 Å². The maximum Gasteiger partial charge on any atom is 0.311 e. The minimum Gasteiger partial charge on any atom is -0.437 e. The van der Waals surface area contributed by atoms with Crippen LogP contribution >= 0.6 is 0 Å². The van der Waals surface area contributed by atoms with Crippen LogP contribution in [0.25, 0.3) is 0 Å². The second kappa shape index (κ2) is 4.85. The highest BCUT2D eigenvalue weighted by Gasteiger charge is 2.39. The lowest BCUT2D eigenvalue weighted by molar-refractivity contribution is 0.398. The van der Waals surface area contributed by atoms with Crippen LogP contribution in [0.3, 0.4) is 0 Å². The zero-order chi connectivity index (χ0) is 13.3. The number of rotatable bonds is 5. The molecule has 0 aliphatic rings. The summed E-state index contributed by atoms with van der Waals surface area (Å²) in [5, 5.41) is 1.23. The SMILES string of the molecule is C[Si](C)(C)O[Si](C)(C)O[Si](C)(C)c1ccc[nH]1. The van der Waals surface area contributed by atoms with Crippen LogP contribution in [0.2, 0.25) is 45.8 Å². The Bertz CT molecular complexity index is 355. The Kier molecular flexibility index (Phi) is 4.25. The van der Waals surface area contributed by atoms with Crippen molar-refractivity contribution in [3.63, 3.8) is 0 Å². The average molecular weight is 288 g/mol. The fourth-order valence-electron chi connectivity index (χ4n) is 2.13. The van der Waals surface area contributed by atoms with Crippen LogP contribution in [-0.2, 0) is 8.23 Å². The summed E-state index contributed by atoms with van der Waals surface area (Å²) in [5.41, 5.74) is 0. The van der Waals surface area contributed by atoms with Crippen molar-refractivity contribution >= 4 is 30.5 Å². The van der Waals surface area contributed by atoms with Crippen molar-refractivity contribution in [3.8, 4) is 0 Å². The summed E-state index contributed by atoms with van der Waals surface area (Å²) in [5.74, 6) is 0. The van der Waals surface area contributed by atoms with E-state index in [-0.39, 0.29) is 0 Å². The predicted octanol–water partition coefficient (Wildman–Crippen LogP) is 3.00. The third-order valence-electron chi connectivity index (χ3n) is 2.30. The smallest absolute Gasteiger partial charge is 0.311 e. The summed E-state index contributed by atoms with van der Waals surface area (Å²) in [4.78, 5) is 3.28. The van der Waals surface area contributed by atoms with Crippen molar-refractivity contribution in [2.24, 2.45) is 0 Å². The van der Waals surface area contributed by atoms with Crippen LogP contribution in [-0.4, -0.2) is 30.2 Å². The molecule has 1 rings (SSSR count). The molecule has 0 bridgehead atoms. The van der Waals surface area contributed by atoms with E-state index >= 15 is 0 Å². The molecule has 17 heavy (non-hydrogen) atoms. The van der Waals surface area contributed by atoms with E-state index in [0.29, 0.717) is 0 Å². The molecule has 0 saturated heterocycles. The van der Waals surface area contributed by atoms with Crippen molar-refractivity contribution in [3.05, 3.63) is 18.3 Å². The first-order valence-electron chi connectivity index (χ1n) is 6.06. The number of hydrogen-bond donors (Lipinski definition) is 1. The highest BCUT2D eigenvalue weighted by molar-refractivity contribution is 6.92. The van der Waals surface area contributed by atoms with Gasteiger partial charge in [0.15, 0.2) is 8.32 Å². The Labute approximate surface area is 108 Å². The molecule has 0 aliphatic carbocycles. The first-order chi connectivity index (χ1) is 7.52. The van der Waals surface area contributed by atoms with Gasteiger partial charge in [-0.3, -0.25) is 0 Å². The van der Waals surface area contributed by atoms with Gasteiger partial charge >= 0.3 is 8.56 Å². The molecule has 0 fully saturated rings. The molecule has 0 spiro atoms. The molecular formula is C11H25NO2Si3. The van der Waals surface area contributed by atoms with Crippen LogP contribution in [0.4, 0.5) is 0 Å². The molecule has 0 saturated carbocycles. The lowest BCUT2D eigenvalue weighted by atomic mass is 10.7. The third kappa shape index (κ3) is 4.92. The summed E-state index contributed by atoms with van der Waals surface area (Å²) >= 11 is 0. The Morgan fingerprint density at radius 1 is 0.941 bits per heavy atom. The van der Waals surface area contributed by atoms with Crippen molar-refractivity contribution in [1.29, 1.82) is 0 Å². The number of H-pyrrole nitrogens is 1. The van der Waals surface area contributed by atoms with E-state index < -0.39 is 25.2 Å². The highest BCUT2D eigenvalue weighted by atomic mass is 28.5. The third-order valence-corrected chi connectivity index (χ3v) is 12.3. The Morgan fingerprint density at radius 3 is 1.94 bits per heavy atom. The molecule has 3 nitrogen and oxygen atoms in total. The molecule has 6 heteroatoms. The molecule has 1 N–H and O–H groups in total. The first-order valence-corrected chi connectivity index (χ1v) is 15.2. The molecule has 0 amide bonds. The van der Waals surface area contributed by atoms with E-state index in [2.05, 4.69) is 56.9 Å². The normalized spacial score (nSPS) is 14.1. The molecule has 0 aromatic carbocycles. The van der Waals surface area contributed by atoms with Crippen molar-refractivity contribution in [2.45, 2.75) is 45.8 Å². The molecular weight excluding hydrogens is 262 g/mol. The Balaban J connectivity index is 2.76. The van der Waals surface area contributed by atoms with Crippen LogP contribution < -0.4 is 5.32 Å². The van der Waals surface area contributed by atoms with E-state index in [1.807, 2.05) is 12.3 Å². The minimum absolute atomic E-state index is 1.23. The van der Waals surface area contributed by atoms with Gasteiger partial charge in [0.2, 0.25) is 8.32 Å². The largest absolute Gasteiger partial charge is 0.437 e. The molecule has 0 unspecified atom stereocenters. The minimum atomic E-state index is -2.03. The van der Waals surface area contributed by atoms with Gasteiger partial charge in [-0.2, -0.15) is 0 Å². The van der Waals surface area contributed by atoms with E-state index in [9.17, 15) is 0 Å². The molecule has 98 valence electrons. The summed E-state index contributed by atoms with van der Waals surface area (Å²) in [6.45, 7) is 15.4. The first kappa shape index (κ1) is 14.9. The molecule has 1 aromatic rings. The van der Waals surface area contributed by atoms with Gasteiger partial charge in [0, 0.05) is 11.5 Å². The van der Waals surface area contributed by atoms with Crippen LogP contribution in [0.1, 0.15) is 0 Å². The molecule has 0 radical (unpaired) electrons. The van der Waals surface area contributed by atoms with Gasteiger partial charge < -0.3 is 13.2 Å². The number of aromatic amines is 1. The monoisotopic (exact) mass is 287 g/mol. The van der Waals surface area contributed by atoms with Crippen LogP contribution in [0.15, 0.2) is 18.3 Å². The highest BCUT2D eigenvalue weighted by Crippen LogP contribution is 2.19. The molecule has 1 heterocycles. The van der Waals surface area contributed by atoms with Crippen LogP contribution in [0.5, 0.6) is 0 Å². The quantitative estimate of drug-likeness (QED) is 0.845. The van der Waals surface area contributed by atoms with E-state index in [1.54, 1.807) is 0 Å². The van der Waals surface area contributed by atoms with Gasteiger partial charge in [0.05, 0.1) is 0 Å². The zero-order valence-electron chi connectivity index (χ0n) is 12.0. The van der Waals surface area contributed by atoms with Crippen molar-refractivity contribution in [2.75, 3.05) is 0 Å². The van der Waals surface area contributed by atoms with Crippen molar-refractivity contribution < 1.29 is 8.23 Å². The lowest BCUT2D eigenvalue weighted by Crippen LogP contribution is -2.56. The molecule has 1 aromatic heterocycles. The summed E-state index contributed by atoms with van der Waals surface area (Å²) in [6.07, 6.45) is 1.96. The van der Waals surface area contributed by atoms with Gasteiger partial charge in [-0.15, -0.1) is 0 Å². The lowest BCUT2D eigenvalue weighted by Gasteiger charge is -2.37. The van der Waals surface area contributed by atoms with Gasteiger partial charge in [0.1, 0.15) is 0 Å². The number of hydrogen-bond acceptors (Lipinski definition) is 2. The maximum atomic E-state index is 6.40. The van der Waals surface area contributed by atoms with Gasteiger partial charge in [0.25, 0.3) is 0 Å². The summed E-state index contributed by atoms with van der Waals surface area (Å²) in [7, 11) is -5.41. The Morgan fingerprint density at radius 2 is 1.53 bits per heavy atom. The van der Waals surface area contributed by atoms with Crippen molar-refractivity contribution in [1.82, 2.24) is 4.98 Å². The zero-order valence-corrected chi connectivity index (χ0v) is 15.0. The fourth-order valence-corrected chi connectivity index (χ4v) is 14.9. The van der Waals surface area contributed by atoms with Gasteiger partial charge in [-0.25, -0.2) is 0 Å². The number of aromatic nitrogens is 1. The predicted molar refractivity (Wildman–Crippen MR) is 80.9 cm³/mol. The average Bonchev–Trinajstić information content (AvgIpc) is 2.46. The Hall–Kier alpha value is -0.149. The second-order valence-electron chi connectivity index (χ2n) is 6.31. The van der Waals surface area contributed by atoms with E-state index in [1.165, 1.54) is 5.32 Å². The summed E-state index contributed by atoms with van der Waals surface area (Å²) < 4.78 is 12.6.